The second kappa shape index (κ2) is 7.89. The number of nitrogens with zero attached hydrogens (tertiary/aromatic N) is 2. The van der Waals surface area contributed by atoms with Gasteiger partial charge in [-0.2, -0.15) is 0 Å². The number of fused-ring (bicyclic) bond motifs is 3. The Hall–Kier alpha value is -3.93. The lowest BCUT2D eigenvalue weighted by Gasteiger charge is -2.49. The maximum absolute atomic E-state index is 14.0. The number of carbonyl (C=O) groups excluding carboxylic acids is 3. The third kappa shape index (κ3) is 3.30. The summed E-state index contributed by atoms with van der Waals surface area (Å²) in [6.07, 6.45) is 0.419. The zero-order valence-electron chi connectivity index (χ0n) is 18.7. The molecule has 166 valence electrons. The van der Waals surface area contributed by atoms with E-state index in [1.165, 1.54) is 4.90 Å². The van der Waals surface area contributed by atoms with Gasteiger partial charge in [-0.1, -0.05) is 54.6 Å². The van der Waals surface area contributed by atoms with Gasteiger partial charge in [0, 0.05) is 25.1 Å². The van der Waals surface area contributed by atoms with E-state index in [-0.39, 0.29) is 37.1 Å². The van der Waals surface area contributed by atoms with Gasteiger partial charge >= 0.3 is 0 Å². The summed E-state index contributed by atoms with van der Waals surface area (Å²) in [5.74, 6) is -0.790. The predicted octanol–water partition coefficient (Wildman–Crippen LogP) is 4.42. The van der Waals surface area contributed by atoms with E-state index in [0.717, 1.165) is 16.7 Å². The summed E-state index contributed by atoms with van der Waals surface area (Å²) in [7, 11) is 0. The average molecular weight is 440 g/mol. The minimum absolute atomic E-state index is 0.163. The zero-order valence-corrected chi connectivity index (χ0v) is 18.7. The molecule has 0 bridgehead atoms. The highest BCUT2D eigenvalue weighted by molar-refractivity contribution is 6.18. The zero-order chi connectivity index (χ0) is 23.2. The highest BCUT2D eigenvalue weighted by Gasteiger charge is 2.60. The summed E-state index contributed by atoms with van der Waals surface area (Å²) >= 11 is 0. The van der Waals surface area contributed by atoms with Crippen LogP contribution in [0.15, 0.2) is 72.8 Å². The maximum Gasteiger partial charge on any atom is 0.271 e. The molecular weight excluding hydrogens is 414 g/mol. The number of benzene rings is 3. The summed E-state index contributed by atoms with van der Waals surface area (Å²) in [5, 5.41) is 3.04. The fourth-order valence-electron chi connectivity index (χ4n) is 4.86. The normalized spacial score (nSPS) is 19.3. The van der Waals surface area contributed by atoms with Gasteiger partial charge in [-0.15, -0.1) is 0 Å². The molecule has 1 fully saturated rings. The van der Waals surface area contributed by atoms with Crippen molar-refractivity contribution >= 4 is 29.1 Å². The van der Waals surface area contributed by atoms with Crippen LogP contribution in [0.5, 0.6) is 0 Å². The molecule has 0 aromatic heterocycles. The lowest BCUT2D eigenvalue weighted by atomic mass is 9.94. The molecule has 0 radical (unpaired) electrons. The Labute approximate surface area is 192 Å². The summed E-state index contributed by atoms with van der Waals surface area (Å²) in [5.41, 5.74) is 2.99. The Bertz CT molecular complexity index is 1270. The first kappa shape index (κ1) is 20.9. The van der Waals surface area contributed by atoms with E-state index in [2.05, 4.69) is 5.32 Å². The molecule has 3 amide bonds. The number of hydrogen-bond donors (Lipinski definition) is 1. The number of nitrogens with one attached hydrogen (secondary N) is 1. The Balaban J connectivity index is 1.66. The standard InChI is InChI=1S/C27H25N3O3/c1-18-12-13-19(2)22(16-18)28-26(33)27-15-14-24(31)30(27)23-11-7-6-10-21(23)25(32)29(27)17-20-8-4-3-5-9-20/h3-13,16H,14-15,17H2,1-2H3,(H,28,33)/t27-/m0/s1. The fourth-order valence-corrected chi connectivity index (χ4v) is 4.86. The van der Waals surface area contributed by atoms with Crippen LogP contribution in [0.3, 0.4) is 0 Å². The summed E-state index contributed by atoms with van der Waals surface area (Å²) in [4.78, 5) is 44.1. The van der Waals surface area contributed by atoms with Crippen LogP contribution in [0.1, 0.15) is 39.9 Å². The molecule has 1 atom stereocenters. The average Bonchev–Trinajstić information content (AvgIpc) is 3.18. The lowest BCUT2D eigenvalue weighted by Crippen LogP contribution is -2.69. The first-order chi connectivity index (χ1) is 15.9. The van der Waals surface area contributed by atoms with E-state index in [4.69, 9.17) is 0 Å². The molecule has 3 aromatic rings. The van der Waals surface area contributed by atoms with E-state index in [1.807, 2.05) is 62.4 Å². The van der Waals surface area contributed by atoms with Crippen LogP contribution in [-0.4, -0.2) is 28.3 Å². The molecule has 0 unspecified atom stereocenters. The second-order valence-electron chi connectivity index (χ2n) is 8.71. The van der Waals surface area contributed by atoms with Gasteiger partial charge in [0.2, 0.25) is 11.6 Å². The van der Waals surface area contributed by atoms with Gasteiger partial charge in [0.15, 0.2) is 0 Å². The summed E-state index contributed by atoms with van der Waals surface area (Å²) < 4.78 is 0. The van der Waals surface area contributed by atoms with Crippen molar-refractivity contribution < 1.29 is 14.4 Å². The molecule has 6 nitrogen and oxygen atoms in total. The number of anilines is 2. The summed E-state index contributed by atoms with van der Waals surface area (Å²) in [6, 6.07) is 22.4. The van der Waals surface area contributed by atoms with Crippen molar-refractivity contribution in [2.75, 3.05) is 10.2 Å². The van der Waals surface area contributed by atoms with Crippen LogP contribution in [0.25, 0.3) is 0 Å². The highest BCUT2D eigenvalue weighted by Crippen LogP contribution is 2.45. The van der Waals surface area contributed by atoms with Gasteiger partial charge in [0.1, 0.15) is 0 Å². The van der Waals surface area contributed by atoms with E-state index < -0.39 is 5.66 Å². The van der Waals surface area contributed by atoms with Crippen molar-refractivity contribution in [3.63, 3.8) is 0 Å². The van der Waals surface area contributed by atoms with Crippen molar-refractivity contribution in [1.82, 2.24) is 4.90 Å². The molecular formula is C27H25N3O3. The van der Waals surface area contributed by atoms with Gasteiger partial charge < -0.3 is 10.2 Å². The van der Waals surface area contributed by atoms with Crippen LogP contribution in [0.2, 0.25) is 0 Å². The highest BCUT2D eigenvalue weighted by atomic mass is 16.2. The smallest absolute Gasteiger partial charge is 0.271 e. The largest absolute Gasteiger partial charge is 0.322 e. The molecule has 3 aromatic carbocycles. The fraction of sp³-hybridized carbons (Fsp3) is 0.222. The monoisotopic (exact) mass is 439 g/mol. The van der Waals surface area contributed by atoms with Gasteiger partial charge in [0.05, 0.1) is 11.3 Å². The molecule has 0 saturated carbocycles. The SMILES string of the molecule is Cc1ccc(C)c(NC(=O)[C@]23CCC(=O)N2c2ccccc2C(=O)N3Cc2ccccc2)c1. The van der Waals surface area contributed by atoms with Crippen molar-refractivity contribution in [2.24, 2.45) is 0 Å². The molecule has 1 N–H and O–H groups in total. The molecule has 2 aliphatic heterocycles. The van der Waals surface area contributed by atoms with Crippen LogP contribution in [0, 0.1) is 13.8 Å². The second-order valence-corrected chi connectivity index (χ2v) is 8.71. The number of rotatable bonds is 4. The quantitative estimate of drug-likeness (QED) is 0.654. The van der Waals surface area contributed by atoms with Crippen LogP contribution in [-0.2, 0) is 16.1 Å². The van der Waals surface area contributed by atoms with Crippen molar-refractivity contribution in [2.45, 2.75) is 38.9 Å². The molecule has 33 heavy (non-hydrogen) atoms. The van der Waals surface area contributed by atoms with E-state index in [0.29, 0.717) is 16.9 Å². The number of hydrogen-bond acceptors (Lipinski definition) is 3. The van der Waals surface area contributed by atoms with Crippen LogP contribution in [0.4, 0.5) is 11.4 Å². The molecule has 2 aliphatic rings. The Morgan fingerprint density at radius 2 is 1.70 bits per heavy atom. The molecule has 0 spiro atoms. The third-order valence-corrected chi connectivity index (χ3v) is 6.56. The van der Waals surface area contributed by atoms with E-state index >= 15 is 0 Å². The third-order valence-electron chi connectivity index (χ3n) is 6.56. The number of aryl methyl sites for hydroxylation is 2. The van der Waals surface area contributed by atoms with Crippen molar-refractivity contribution in [1.29, 1.82) is 0 Å². The van der Waals surface area contributed by atoms with E-state index in [9.17, 15) is 14.4 Å². The number of amides is 3. The minimum atomic E-state index is -1.44. The number of carbonyl (C=O) groups is 3. The molecule has 2 heterocycles. The van der Waals surface area contributed by atoms with E-state index in [1.54, 1.807) is 29.2 Å². The summed E-state index contributed by atoms with van der Waals surface area (Å²) in [6.45, 7) is 4.10. The topological polar surface area (TPSA) is 69.7 Å². The predicted molar refractivity (Wildman–Crippen MR) is 127 cm³/mol. The Morgan fingerprint density at radius 1 is 0.970 bits per heavy atom. The lowest BCUT2D eigenvalue weighted by molar-refractivity contribution is -0.129. The molecule has 5 rings (SSSR count). The first-order valence-corrected chi connectivity index (χ1v) is 11.1. The van der Waals surface area contributed by atoms with Gasteiger partial charge in [-0.25, -0.2) is 0 Å². The van der Waals surface area contributed by atoms with Crippen molar-refractivity contribution in [3.8, 4) is 0 Å². The van der Waals surface area contributed by atoms with Crippen LogP contribution >= 0.6 is 0 Å². The van der Waals surface area contributed by atoms with Crippen LogP contribution < -0.4 is 10.2 Å². The Morgan fingerprint density at radius 3 is 2.48 bits per heavy atom. The van der Waals surface area contributed by atoms with Gasteiger partial charge in [-0.3, -0.25) is 19.3 Å². The first-order valence-electron chi connectivity index (χ1n) is 11.1. The maximum atomic E-state index is 14.0. The van der Waals surface area contributed by atoms with Crippen molar-refractivity contribution in [3.05, 3.63) is 95.1 Å². The minimum Gasteiger partial charge on any atom is -0.322 e. The van der Waals surface area contributed by atoms with Gasteiger partial charge in [-0.05, 0) is 48.7 Å². The molecule has 0 aliphatic carbocycles. The number of para-hydroxylation sites is 1. The molecule has 6 heteroatoms. The molecule has 1 saturated heterocycles. The van der Waals surface area contributed by atoms with Gasteiger partial charge in [0.25, 0.3) is 11.8 Å². The Kier molecular flexibility index (Phi) is 5.01.